The second-order valence-electron chi connectivity index (χ2n) is 3.16. The molecule has 1 aliphatic heterocycles. The van der Waals surface area contributed by atoms with Crippen molar-refractivity contribution in [3.05, 3.63) is 0 Å². The van der Waals surface area contributed by atoms with E-state index in [0.717, 1.165) is 0 Å². The topological polar surface area (TPSA) is 46.5 Å². The Hall–Kier alpha value is -0.410. The number of ketones is 1. The molecule has 58 valence electrons. The Kier molecular flexibility index (Phi) is 1.79. The van der Waals surface area contributed by atoms with Crippen LogP contribution >= 0.6 is 0 Å². The molecule has 1 N–H and O–H groups in total. The van der Waals surface area contributed by atoms with Crippen molar-refractivity contribution < 1.29 is 14.6 Å². The van der Waals surface area contributed by atoms with E-state index in [4.69, 9.17) is 4.74 Å². The molecule has 10 heavy (non-hydrogen) atoms. The molecule has 0 spiro atoms. The number of hydrogen-bond acceptors (Lipinski definition) is 3. The molecule has 1 atom stereocenters. The zero-order valence-corrected chi connectivity index (χ0v) is 6.26. The van der Waals surface area contributed by atoms with E-state index in [2.05, 4.69) is 0 Å². The van der Waals surface area contributed by atoms with Gasteiger partial charge in [0.2, 0.25) is 0 Å². The molecule has 1 fully saturated rings. The van der Waals surface area contributed by atoms with Gasteiger partial charge in [-0.1, -0.05) is 6.92 Å². The lowest BCUT2D eigenvalue weighted by Gasteiger charge is -2.40. The standard InChI is InChI=1S/C7H12O3/c1-5(8)6(9)7(2)3-10-4-7/h6,9H,3-4H2,1-2H3. The molecule has 0 amide bonds. The van der Waals surface area contributed by atoms with Crippen LogP contribution in [-0.4, -0.2) is 30.2 Å². The molecule has 3 heteroatoms. The van der Waals surface area contributed by atoms with Crippen molar-refractivity contribution in [2.75, 3.05) is 13.2 Å². The van der Waals surface area contributed by atoms with Crippen LogP contribution in [0.25, 0.3) is 0 Å². The van der Waals surface area contributed by atoms with E-state index in [1.807, 2.05) is 6.92 Å². The minimum absolute atomic E-state index is 0.175. The second-order valence-corrected chi connectivity index (χ2v) is 3.16. The Labute approximate surface area is 60.0 Å². The van der Waals surface area contributed by atoms with Crippen LogP contribution in [0.2, 0.25) is 0 Å². The van der Waals surface area contributed by atoms with Crippen LogP contribution < -0.4 is 0 Å². The van der Waals surface area contributed by atoms with Gasteiger partial charge in [0.15, 0.2) is 5.78 Å². The number of carbonyl (C=O) groups excluding carboxylic acids is 1. The lowest BCUT2D eigenvalue weighted by atomic mass is 9.81. The van der Waals surface area contributed by atoms with Gasteiger partial charge in [0.1, 0.15) is 6.10 Å². The van der Waals surface area contributed by atoms with Crippen LogP contribution in [0.5, 0.6) is 0 Å². The quantitative estimate of drug-likeness (QED) is 0.592. The van der Waals surface area contributed by atoms with Gasteiger partial charge in [-0.2, -0.15) is 0 Å². The first-order chi connectivity index (χ1) is 4.56. The lowest BCUT2D eigenvalue weighted by molar-refractivity contribution is -0.171. The van der Waals surface area contributed by atoms with Gasteiger partial charge in [-0.3, -0.25) is 4.79 Å². The van der Waals surface area contributed by atoms with Crippen LogP contribution in [0.3, 0.4) is 0 Å². The zero-order valence-electron chi connectivity index (χ0n) is 6.26. The van der Waals surface area contributed by atoms with Gasteiger partial charge >= 0.3 is 0 Å². The Morgan fingerprint density at radius 1 is 1.70 bits per heavy atom. The fourth-order valence-electron chi connectivity index (χ4n) is 1.07. The highest BCUT2D eigenvalue weighted by Crippen LogP contribution is 2.30. The summed E-state index contributed by atoms with van der Waals surface area (Å²) >= 11 is 0. The van der Waals surface area contributed by atoms with Crippen LogP contribution in [0.4, 0.5) is 0 Å². The summed E-state index contributed by atoms with van der Waals surface area (Å²) in [6.45, 7) is 4.23. The molecule has 0 aliphatic carbocycles. The molecule has 0 radical (unpaired) electrons. The van der Waals surface area contributed by atoms with Gasteiger partial charge in [0, 0.05) is 5.41 Å². The highest BCUT2D eigenvalue weighted by atomic mass is 16.5. The molecule has 0 bridgehead atoms. The third-order valence-electron chi connectivity index (χ3n) is 1.91. The van der Waals surface area contributed by atoms with Crippen molar-refractivity contribution >= 4 is 5.78 Å². The molecule has 1 heterocycles. The number of Topliss-reactive ketones (excluding diaryl/α,β-unsaturated/α-hetero) is 1. The monoisotopic (exact) mass is 144 g/mol. The fraction of sp³-hybridized carbons (Fsp3) is 0.857. The first kappa shape index (κ1) is 7.69. The zero-order chi connectivity index (χ0) is 7.78. The highest BCUT2D eigenvalue weighted by molar-refractivity contribution is 5.81. The highest BCUT2D eigenvalue weighted by Gasteiger charge is 2.42. The molecular weight excluding hydrogens is 132 g/mol. The molecule has 0 aromatic rings. The van der Waals surface area contributed by atoms with E-state index in [9.17, 15) is 9.90 Å². The molecular formula is C7H12O3. The maximum atomic E-state index is 10.7. The van der Waals surface area contributed by atoms with Crippen molar-refractivity contribution in [3.63, 3.8) is 0 Å². The lowest BCUT2D eigenvalue weighted by Crippen LogP contribution is -2.51. The average molecular weight is 144 g/mol. The summed E-state index contributed by atoms with van der Waals surface area (Å²) in [4.78, 5) is 10.7. The van der Waals surface area contributed by atoms with Crippen molar-refractivity contribution in [2.45, 2.75) is 20.0 Å². The summed E-state index contributed by atoms with van der Waals surface area (Å²) in [6, 6.07) is 0. The summed E-state index contributed by atoms with van der Waals surface area (Å²) < 4.78 is 4.90. The summed E-state index contributed by atoms with van der Waals surface area (Å²) in [7, 11) is 0. The minimum atomic E-state index is -0.846. The molecule has 1 aliphatic rings. The number of rotatable bonds is 2. The first-order valence-electron chi connectivity index (χ1n) is 3.32. The number of aliphatic hydroxyl groups is 1. The average Bonchev–Trinajstić information content (AvgIpc) is 1.81. The van der Waals surface area contributed by atoms with E-state index in [1.165, 1.54) is 6.92 Å². The van der Waals surface area contributed by atoms with Gasteiger partial charge in [-0.15, -0.1) is 0 Å². The first-order valence-corrected chi connectivity index (χ1v) is 3.32. The molecule has 0 saturated carbocycles. The predicted octanol–water partition coefficient (Wildman–Crippen LogP) is -0.0272. The van der Waals surface area contributed by atoms with Crippen LogP contribution in [0, 0.1) is 5.41 Å². The molecule has 0 aromatic carbocycles. The Balaban J connectivity index is 2.54. The van der Waals surface area contributed by atoms with E-state index in [0.29, 0.717) is 13.2 Å². The molecule has 1 rings (SSSR count). The summed E-state index contributed by atoms with van der Waals surface area (Å²) in [5, 5.41) is 9.28. The van der Waals surface area contributed by atoms with Gasteiger partial charge in [-0.05, 0) is 6.92 Å². The Morgan fingerprint density at radius 2 is 2.20 bits per heavy atom. The van der Waals surface area contributed by atoms with Gasteiger partial charge in [0.05, 0.1) is 13.2 Å². The minimum Gasteiger partial charge on any atom is -0.385 e. The number of aliphatic hydroxyl groups excluding tert-OH is 1. The normalized spacial score (nSPS) is 25.1. The Bertz CT molecular complexity index is 149. The number of hydrogen-bond donors (Lipinski definition) is 1. The van der Waals surface area contributed by atoms with Gasteiger partial charge < -0.3 is 9.84 Å². The summed E-state index contributed by atoms with van der Waals surface area (Å²) in [5.41, 5.74) is -0.314. The largest absolute Gasteiger partial charge is 0.385 e. The van der Waals surface area contributed by atoms with E-state index in [1.54, 1.807) is 0 Å². The van der Waals surface area contributed by atoms with E-state index >= 15 is 0 Å². The maximum Gasteiger partial charge on any atom is 0.158 e. The number of carbonyl (C=O) groups is 1. The second kappa shape index (κ2) is 2.32. The fourth-order valence-corrected chi connectivity index (χ4v) is 1.07. The van der Waals surface area contributed by atoms with Gasteiger partial charge in [0.25, 0.3) is 0 Å². The summed E-state index contributed by atoms with van der Waals surface area (Å²) in [5.74, 6) is -0.175. The molecule has 0 aromatic heterocycles. The van der Waals surface area contributed by atoms with Crippen LogP contribution in [-0.2, 0) is 9.53 Å². The third-order valence-corrected chi connectivity index (χ3v) is 1.91. The van der Waals surface area contributed by atoms with Crippen molar-refractivity contribution in [1.82, 2.24) is 0 Å². The molecule has 1 unspecified atom stereocenters. The van der Waals surface area contributed by atoms with Crippen molar-refractivity contribution in [1.29, 1.82) is 0 Å². The van der Waals surface area contributed by atoms with Crippen molar-refractivity contribution in [3.8, 4) is 0 Å². The van der Waals surface area contributed by atoms with E-state index in [-0.39, 0.29) is 11.2 Å². The summed E-state index contributed by atoms with van der Waals surface area (Å²) in [6.07, 6.45) is -0.846. The molecule has 1 saturated heterocycles. The van der Waals surface area contributed by atoms with Crippen LogP contribution in [0.1, 0.15) is 13.8 Å². The number of ether oxygens (including phenoxy) is 1. The Morgan fingerprint density at radius 3 is 2.30 bits per heavy atom. The molecule has 3 nitrogen and oxygen atoms in total. The van der Waals surface area contributed by atoms with Crippen LogP contribution in [0.15, 0.2) is 0 Å². The van der Waals surface area contributed by atoms with Crippen molar-refractivity contribution in [2.24, 2.45) is 5.41 Å². The predicted molar refractivity (Wildman–Crippen MR) is 35.6 cm³/mol. The third kappa shape index (κ3) is 1.07. The van der Waals surface area contributed by atoms with E-state index < -0.39 is 6.10 Å². The SMILES string of the molecule is CC(=O)C(O)C1(C)COC1. The van der Waals surface area contributed by atoms with Gasteiger partial charge in [-0.25, -0.2) is 0 Å². The maximum absolute atomic E-state index is 10.7. The smallest absolute Gasteiger partial charge is 0.158 e.